The van der Waals surface area contributed by atoms with E-state index >= 15 is 0 Å². The lowest BCUT2D eigenvalue weighted by molar-refractivity contribution is 0.0884. The van der Waals surface area contributed by atoms with Gasteiger partial charge in [-0.1, -0.05) is 43.3 Å². The van der Waals surface area contributed by atoms with Crippen LogP contribution in [0.3, 0.4) is 0 Å². The predicted molar refractivity (Wildman–Crippen MR) is 106 cm³/mol. The van der Waals surface area contributed by atoms with Gasteiger partial charge in [0.05, 0.1) is 6.61 Å². The van der Waals surface area contributed by atoms with Crippen LogP contribution in [0, 0.1) is 5.92 Å². The van der Waals surface area contributed by atoms with E-state index in [-0.39, 0.29) is 11.8 Å². The van der Waals surface area contributed by atoms with Gasteiger partial charge in [-0.15, -0.1) is 0 Å². The van der Waals surface area contributed by atoms with Crippen molar-refractivity contribution in [3.63, 3.8) is 0 Å². The minimum absolute atomic E-state index is 0.0664. The van der Waals surface area contributed by atoms with E-state index in [1.807, 2.05) is 30.3 Å². The number of carbonyl (C=O) groups is 1. The Labute approximate surface area is 157 Å². The maximum absolute atomic E-state index is 12.9. The molecular formula is C23H29NO2. The van der Waals surface area contributed by atoms with Crippen molar-refractivity contribution in [2.75, 3.05) is 27.2 Å². The van der Waals surface area contributed by atoms with Gasteiger partial charge in [-0.2, -0.15) is 0 Å². The summed E-state index contributed by atoms with van der Waals surface area (Å²) in [5.74, 6) is 1.48. The second kappa shape index (κ2) is 8.50. The van der Waals surface area contributed by atoms with E-state index in [1.165, 1.54) is 11.1 Å². The van der Waals surface area contributed by atoms with Gasteiger partial charge in [0, 0.05) is 18.0 Å². The number of Topliss-reactive ketones (excluding diaryl/α,β-unsaturated/α-hetero) is 1. The molecule has 2 aromatic rings. The number of ether oxygens (including phenoxy) is 1. The molecule has 0 aliphatic heterocycles. The molecule has 3 rings (SSSR count). The number of rotatable bonds is 7. The molecule has 3 nitrogen and oxygen atoms in total. The summed E-state index contributed by atoms with van der Waals surface area (Å²) in [6.45, 7) is 3.93. The summed E-state index contributed by atoms with van der Waals surface area (Å²) in [5, 5.41) is 0. The third kappa shape index (κ3) is 4.34. The van der Waals surface area contributed by atoms with Crippen LogP contribution in [0.4, 0.5) is 0 Å². The molecule has 3 heteroatoms. The highest BCUT2D eigenvalue weighted by atomic mass is 16.5. The molecule has 0 heterocycles. The largest absolute Gasteiger partial charge is 0.494 e. The first-order chi connectivity index (χ1) is 12.6. The van der Waals surface area contributed by atoms with E-state index in [9.17, 15) is 4.79 Å². The van der Waals surface area contributed by atoms with Gasteiger partial charge in [-0.25, -0.2) is 0 Å². The van der Waals surface area contributed by atoms with Gasteiger partial charge < -0.3 is 9.64 Å². The van der Waals surface area contributed by atoms with Gasteiger partial charge >= 0.3 is 0 Å². The molecule has 0 N–H and O–H groups in total. The molecule has 2 unspecified atom stereocenters. The molecular weight excluding hydrogens is 322 g/mol. The molecule has 0 radical (unpaired) electrons. The summed E-state index contributed by atoms with van der Waals surface area (Å²) < 4.78 is 5.81. The van der Waals surface area contributed by atoms with Crippen LogP contribution in [0.25, 0.3) is 0 Å². The summed E-state index contributed by atoms with van der Waals surface area (Å²) in [5.41, 5.74) is 3.32. The van der Waals surface area contributed by atoms with Gasteiger partial charge in [-0.05, 0) is 62.5 Å². The molecule has 0 spiro atoms. The first-order valence-electron chi connectivity index (χ1n) is 9.56. The zero-order chi connectivity index (χ0) is 18.5. The van der Waals surface area contributed by atoms with Gasteiger partial charge in [0.15, 0.2) is 5.78 Å². The maximum atomic E-state index is 12.9. The number of ketones is 1. The van der Waals surface area contributed by atoms with Crippen molar-refractivity contribution in [2.45, 2.75) is 32.1 Å². The second-order valence-corrected chi connectivity index (χ2v) is 7.53. The third-order valence-electron chi connectivity index (χ3n) is 5.37. The number of hydrogen-bond acceptors (Lipinski definition) is 3. The van der Waals surface area contributed by atoms with Gasteiger partial charge in [0.2, 0.25) is 0 Å². The summed E-state index contributed by atoms with van der Waals surface area (Å²) in [6.07, 6.45) is 2.94. The molecule has 0 bridgehead atoms. The summed E-state index contributed by atoms with van der Waals surface area (Å²) in [4.78, 5) is 15.1. The fourth-order valence-electron chi connectivity index (χ4n) is 3.77. The second-order valence-electron chi connectivity index (χ2n) is 7.53. The molecule has 138 valence electrons. The molecule has 1 aliphatic carbocycles. The van der Waals surface area contributed by atoms with Crippen LogP contribution in [-0.4, -0.2) is 37.9 Å². The molecule has 2 atom stereocenters. The van der Waals surface area contributed by atoms with E-state index in [0.717, 1.165) is 43.7 Å². The Balaban J connectivity index is 1.62. The molecule has 26 heavy (non-hydrogen) atoms. The van der Waals surface area contributed by atoms with Crippen LogP contribution in [-0.2, 0) is 6.42 Å². The monoisotopic (exact) mass is 351 g/mol. The van der Waals surface area contributed by atoms with Crippen molar-refractivity contribution in [1.29, 1.82) is 0 Å². The highest BCUT2D eigenvalue weighted by molar-refractivity contribution is 6.00. The molecule has 2 aromatic carbocycles. The number of fused-ring (bicyclic) bond motifs is 1. The minimum atomic E-state index is 0.0664. The Morgan fingerprint density at radius 3 is 2.58 bits per heavy atom. The first-order valence-corrected chi connectivity index (χ1v) is 9.56. The lowest BCUT2D eigenvalue weighted by Crippen LogP contribution is -2.26. The highest BCUT2D eigenvalue weighted by Gasteiger charge is 2.31. The topological polar surface area (TPSA) is 29.5 Å². The Kier molecular flexibility index (Phi) is 6.10. The molecule has 0 aromatic heterocycles. The molecule has 0 saturated carbocycles. The molecule has 0 amide bonds. The van der Waals surface area contributed by atoms with Crippen molar-refractivity contribution >= 4 is 5.78 Å². The SMILES string of the molecule is CC(c1ccc(OCCCN(C)C)cc1)C1CCc2ccccc2C1=O. The fourth-order valence-corrected chi connectivity index (χ4v) is 3.77. The standard InChI is InChI=1S/C23H29NO2/c1-17(21-14-11-19-7-4-5-8-22(19)23(21)25)18-9-12-20(13-10-18)26-16-6-15-24(2)3/h4-5,7-10,12-13,17,21H,6,11,14-16H2,1-3H3. The smallest absolute Gasteiger partial charge is 0.166 e. The van der Waals surface area contributed by atoms with Crippen LogP contribution < -0.4 is 4.74 Å². The van der Waals surface area contributed by atoms with Gasteiger partial charge in [0.1, 0.15) is 5.75 Å². The maximum Gasteiger partial charge on any atom is 0.166 e. The summed E-state index contributed by atoms with van der Waals surface area (Å²) >= 11 is 0. The predicted octanol–water partition coefficient (Wildman–Crippen LogP) is 4.57. The van der Waals surface area contributed by atoms with Crippen LogP contribution in [0.1, 0.15) is 47.2 Å². The van der Waals surface area contributed by atoms with E-state index in [4.69, 9.17) is 4.74 Å². The van der Waals surface area contributed by atoms with Crippen LogP contribution in [0.2, 0.25) is 0 Å². The van der Waals surface area contributed by atoms with Crippen molar-refractivity contribution in [1.82, 2.24) is 4.90 Å². The van der Waals surface area contributed by atoms with Crippen molar-refractivity contribution in [3.8, 4) is 5.75 Å². The van der Waals surface area contributed by atoms with E-state index < -0.39 is 0 Å². The third-order valence-corrected chi connectivity index (χ3v) is 5.37. The average Bonchev–Trinajstić information content (AvgIpc) is 2.66. The lowest BCUT2D eigenvalue weighted by Gasteiger charge is -2.28. The number of hydrogen-bond donors (Lipinski definition) is 0. The zero-order valence-electron chi connectivity index (χ0n) is 16.1. The first kappa shape index (κ1) is 18.7. The van der Waals surface area contributed by atoms with Crippen molar-refractivity contribution in [2.24, 2.45) is 5.92 Å². The molecule has 0 saturated heterocycles. The van der Waals surface area contributed by atoms with Crippen LogP contribution in [0.5, 0.6) is 5.75 Å². The quantitative estimate of drug-likeness (QED) is 0.685. The van der Waals surface area contributed by atoms with Crippen molar-refractivity contribution in [3.05, 3.63) is 65.2 Å². The number of nitrogens with zero attached hydrogens (tertiary/aromatic N) is 1. The van der Waals surface area contributed by atoms with E-state index in [2.05, 4.69) is 44.1 Å². The van der Waals surface area contributed by atoms with E-state index in [1.54, 1.807) is 0 Å². The Morgan fingerprint density at radius 2 is 1.85 bits per heavy atom. The Morgan fingerprint density at radius 1 is 1.12 bits per heavy atom. The molecule has 0 fully saturated rings. The highest BCUT2D eigenvalue weighted by Crippen LogP contribution is 2.35. The fraction of sp³-hybridized carbons (Fsp3) is 0.435. The van der Waals surface area contributed by atoms with Gasteiger partial charge in [-0.3, -0.25) is 4.79 Å². The number of carbonyl (C=O) groups excluding carboxylic acids is 1. The number of benzene rings is 2. The summed E-state index contributed by atoms with van der Waals surface area (Å²) in [6, 6.07) is 16.3. The Bertz CT molecular complexity index is 736. The van der Waals surface area contributed by atoms with E-state index in [0.29, 0.717) is 5.78 Å². The lowest BCUT2D eigenvalue weighted by atomic mass is 9.74. The zero-order valence-corrected chi connectivity index (χ0v) is 16.1. The van der Waals surface area contributed by atoms with Crippen LogP contribution >= 0.6 is 0 Å². The Hall–Kier alpha value is -2.13. The minimum Gasteiger partial charge on any atom is -0.494 e. The number of aryl methyl sites for hydroxylation is 1. The normalized spacial score (nSPS) is 17.8. The van der Waals surface area contributed by atoms with Gasteiger partial charge in [0.25, 0.3) is 0 Å². The summed E-state index contributed by atoms with van der Waals surface area (Å²) in [7, 11) is 4.14. The van der Waals surface area contributed by atoms with Crippen molar-refractivity contribution < 1.29 is 9.53 Å². The average molecular weight is 351 g/mol. The van der Waals surface area contributed by atoms with Crippen LogP contribution in [0.15, 0.2) is 48.5 Å². The molecule has 1 aliphatic rings.